The van der Waals surface area contributed by atoms with Gasteiger partial charge in [0.1, 0.15) is 11.1 Å². The van der Waals surface area contributed by atoms with E-state index in [1.807, 2.05) is 19.0 Å². The number of halogens is 1. The third kappa shape index (κ3) is 5.35. The van der Waals surface area contributed by atoms with Gasteiger partial charge in [-0.15, -0.1) is 0 Å². The molecule has 1 heterocycles. The van der Waals surface area contributed by atoms with Crippen LogP contribution in [-0.4, -0.2) is 65.5 Å². The Hall–Kier alpha value is -1.47. The molecule has 0 aliphatic rings. The van der Waals surface area contributed by atoms with Crippen LogP contribution in [0.3, 0.4) is 0 Å². The largest absolute Gasteiger partial charge is 0.480 e. The molecule has 0 aliphatic carbocycles. The monoisotopic (exact) mass is 329 g/mol. The SMILES string of the molecule is CN(C)CCN(CC(=O)O)C(=O)c1ccc(Br)nc1. The Kier molecular flexibility index (Phi) is 5.91. The maximum atomic E-state index is 12.2. The fraction of sp³-hybridized carbons (Fsp3) is 0.417. The molecule has 0 fully saturated rings. The molecular formula is C12H16BrN3O3. The zero-order chi connectivity index (χ0) is 14.4. The van der Waals surface area contributed by atoms with Crippen molar-refractivity contribution in [3.05, 3.63) is 28.5 Å². The molecule has 0 unspecified atom stereocenters. The van der Waals surface area contributed by atoms with E-state index in [0.29, 0.717) is 23.3 Å². The first-order valence-corrected chi connectivity index (χ1v) is 6.47. The van der Waals surface area contributed by atoms with Gasteiger partial charge >= 0.3 is 5.97 Å². The molecule has 0 atom stereocenters. The predicted octanol–water partition coefficient (Wildman–Crippen LogP) is 0.933. The van der Waals surface area contributed by atoms with E-state index in [-0.39, 0.29) is 12.5 Å². The summed E-state index contributed by atoms with van der Waals surface area (Å²) in [5.41, 5.74) is 0.378. The van der Waals surface area contributed by atoms with Crippen LogP contribution in [0.5, 0.6) is 0 Å². The predicted molar refractivity (Wildman–Crippen MR) is 74.0 cm³/mol. The van der Waals surface area contributed by atoms with Gasteiger partial charge in [0.2, 0.25) is 0 Å². The number of hydrogen-bond acceptors (Lipinski definition) is 4. The van der Waals surface area contributed by atoms with Crippen molar-refractivity contribution in [1.29, 1.82) is 0 Å². The highest BCUT2D eigenvalue weighted by atomic mass is 79.9. The van der Waals surface area contributed by atoms with Crippen molar-refractivity contribution in [3.8, 4) is 0 Å². The Labute approximate surface area is 120 Å². The van der Waals surface area contributed by atoms with Crippen LogP contribution in [0, 0.1) is 0 Å². The molecule has 6 nitrogen and oxygen atoms in total. The van der Waals surface area contributed by atoms with Crippen molar-refractivity contribution in [3.63, 3.8) is 0 Å². The third-order valence-corrected chi connectivity index (χ3v) is 2.87. The fourth-order valence-electron chi connectivity index (χ4n) is 1.42. The molecule has 0 aliphatic heterocycles. The van der Waals surface area contributed by atoms with Gasteiger partial charge in [-0.05, 0) is 42.2 Å². The summed E-state index contributed by atoms with van der Waals surface area (Å²) in [5.74, 6) is -1.36. The molecule has 0 saturated heterocycles. The average molecular weight is 330 g/mol. The van der Waals surface area contributed by atoms with Gasteiger partial charge in [-0.1, -0.05) is 0 Å². The van der Waals surface area contributed by atoms with Crippen LogP contribution >= 0.6 is 15.9 Å². The number of likely N-dealkylation sites (N-methyl/N-ethyl adjacent to an activating group) is 1. The Bertz CT molecular complexity index is 448. The molecule has 1 rings (SSSR count). The van der Waals surface area contributed by atoms with Gasteiger partial charge in [-0.25, -0.2) is 4.98 Å². The number of pyridine rings is 1. The first kappa shape index (κ1) is 15.6. The van der Waals surface area contributed by atoms with E-state index in [9.17, 15) is 9.59 Å². The van der Waals surface area contributed by atoms with Crippen molar-refractivity contribution in [2.75, 3.05) is 33.7 Å². The lowest BCUT2D eigenvalue weighted by atomic mass is 10.2. The molecule has 0 radical (unpaired) electrons. The summed E-state index contributed by atoms with van der Waals surface area (Å²) in [6, 6.07) is 3.27. The van der Waals surface area contributed by atoms with E-state index >= 15 is 0 Å². The van der Waals surface area contributed by atoms with Crippen molar-refractivity contribution < 1.29 is 14.7 Å². The number of carbonyl (C=O) groups excluding carboxylic acids is 1. The van der Waals surface area contributed by atoms with E-state index in [1.54, 1.807) is 12.1 Å². The van der Waals surface area contributed by atoms with Gasteiger partial charge in [0, 0.05) is 19.3 Å². The smallest absolute Gasteiger partial charge is 0.323 e. The molecular weight excluding hydrogens is 314 g/mol. The number of aliphatic carboxylic acids is 1. The maximum absolute atomic E-state index is 12.2. The Balaban J connectivity index is 2.80. The number of carboxylic acids is 1. The van der Waals surface area contributed by atoms with Crippen molar-refractivity contribution in [2.45, 2.75) is 0 Å². The lowest BCUT2D eigenvalue weighted by molar-refractivity contribution is -0.137. The summed E-state index contributed by atoms with van der Waals surface area (Å²) >= 11 is 3.18. The first-order chi connectivity index (χ1) is 8.90. The lowest BCUT2D eigenvalue weighted by Gasteiger charge is -2.22. The third-order valence-electron chi connectivity index (χ3n) is 2.40. The lowest BCUT2D eigenvalue weighted by Crippen LogP contribution is -2.40. The molecule has 1 amide bonds. The van der Waals surface area contributed by atoms with E-state index in [4.69, 9.17) is 5.11 Å². The summed E-state index contributed by atoms with van der Waals surface area (Å²) in [4.78, 5) is 30.2. The standard InChI is InChI=1S/C12H16BrN3O3/c1-15(2)5-6-16(8-11(17)18)12(19)9-3-4-10(13)14-7-9/h3-4,7H,5-6,8H2,1-2H3,(H,17,18). The number of amides is 1. The van der Waals surface area contributed by atoms with E-state index in [1.165, 1.54) is 11.1 Å². The minimum absolute atomic E-state index is 0.317. The molecule has 1 aromatic heterocycles. The molecule has 19 heavy (non-hydrogen) atoms. The molecule has 1 aromatic rings. The zero-order valence-electron chi connectivity index (χ0n) is 10.8. The van der Waals surface area contributed by atoms with E-state index in [2.05, 4.69) is 20.9 Å². The second kappa shape index (κ2) is 7.20. The van der Waals surface area contributed by atoms with Gasteiger partial charge in [0.15, 0.2) is 0 Å². The van der Waals surface area contributed by atoms with Crippen LogP contribution in [0.4, 0.5) is 0 Å². The number of nitrogens with zero attached hydrogens (tertiary/aromatic N) is 3. The Morgan fingerprint density at radius 2 is 2.00 bits per heavy atom. The maximum Gasteiger partial charge on any atom is 0.323 e. The molecule has 104 valence electrons. The minimum atomic E-state index is -1.03. The van der Waals surface area contributed by atoms with Gasteiger partial charge in [-0.2, -0.15) is 0 Å². The van der Waals surface area contributed by atoms with Gasteiger partial charge < -0.3 is 14.9 Å². The number of carboxylic acid groups (broad SMARTS) is 1. The quantitative estimate of drug-likeness (QED) is 0.786. The minimum Gasteiger partial charge on any atom is -0.480 e. The normalized spacial score (nSPS) is 10.5. The zero-order valence-corrected chi connectivity index (χ0v) is 12.4. The van der Waals surface area contributed by atoms with Crippen LogP contribution < -0.4 is 0 Å². The summed E-state index contributed by atoms with van der Waals surface area (Å²) < 4.78 is 0.627. The molecule has 0 spiro atoms. The van der Waals surface area contributed by atoms with Crippen molar-refractivity contribution in [1.82, 2.24) is 14.8 Å². The molecule has 1 N–H and O–H groups in total. The molecule has 0 aromatic carbocycles. The second-order valence-corrected chi connectivity index (χ2v) is 5.11. The van der Waals surface area contributed by atoms with Crippen LogP contribution in [0.1, 0.15) is 10.4 Å². The summed E-state index contributed by atoms with van der Waals surface area (Å²) in [6.07, 6.45) is 1.43. The van der Waals surface area contributed by atoms with Crippen molar-refractivity contribution in [2.24, 2.45) is 0 Å². The average Bonchev–Trinajstić information content (AvgIpc) is 2.34. The fourth-order valence-corrected chi connectivity index (χ4v) is 1.66. The molecule has 7 heteroatoms. The summed E-state index contributed by atoms with van der Waals surface area (Å²) in [6.45, 7) is 0.639. The highest BCUT2D eigenvalue weighted by molar-refractivity contribution is 9.10. The van der Waals surface area contributed by atoms with Gasteiger partial charge in [0.25, 0.3) is 5.91 Å². The van der Waals surface area contributed by atoms with Crippen LogP contribution in [0.15, 0.2) is 22.9 Å². The van der Waals surface area contributed by atoms with E-state index < -0.39 is 5.97 Å². The van der Waals surface area contributed by atoms with E-state index in [0.717, 1.165) is 0 Å². The van der Waals surface area contributed by atoms with Crippen LogP contribution in [0.25, 0.3) is 0 Å². The van der Waals surface area contributed by atoms with Crippen LogP contribution in [-0.2, 0) is 4.79 Å². The molecule has 0 bridgehead atoms. The number of rotatable bonds is 6. The van der Waals surface area contributed by atoms with Crippen molar-refractivity contribution >= 4 is 27.8 Å². The first-order valence-electron chi connectivity index (χ1n) is 5.67. The topological polar surface area (TPSA) is 73.7 Å². The van der Waals surface area contributed by atoms with Gasteiger partial charge in [0.05, 0.1) is 5.56 Å². The molecule has 0 saturated carbocycles. The second-order valence-electron chi connectivity index (χ2n) is 4.29. The number of aromatic nitrogens is 1. The summed E-state index contributed by atoms with van der Waals surface area (Å²) in [7, 11) is 3.73. The highest BCUT2D eigenvalue weighted by Crippen LogP contribution is 2.09. The Morgan fingerprint density at radius 1 is 1.32 bits per heavy atom. The van der Waals surface area contributed by atoms with Gasteiger partial charge in [-0.3, -0.25) is 9.59 Å². The number of carbonyl (C=O) groups is 2. The van der Waals surface area contributed by atoms with Crippen LogP contribution in [0.2, 0.25) is 0 Å². The number of hydrogen-bond donors (Lipinski definition) is 1. The highest BCUT2D eigenvalue weighted by Gasteiger charge is 2.18. The Morgan fingerprint density at radius 3 is 2.47 bits per heavy atom. The summed E-state index contributed by atoms with van der Waals surface area (Å²) in [5, 5.41) is 8.86.